The molecular weight excluding hydrogens is 404 g/mol. The van der Waals surface area contributed by atoms with Crippen LogP contribution >= 0.6 is 0 Å². The Labute approximate surface area is 190 Å². The number of hydrazone groups is 1. The summed E-state index contributed by atoms with van der Waals surface area (Å²) in [6.07, 6.45) is 2.02. The first-order chi connectivity index (χ1) is 15.6. The summed E-state index contributed by atoms with van der Waals surface area (Å²) < 4.78 is 11.5. The smallest absolute Gasteiger partial charge is 0.224 e. The molecule has 0 saturated carbocycles. The van der Waals surface area contributed by atoms with Crippen LogP contribution in [0.15, 0.2) is 47.6 Å². The Morgan fingerprint density at radius 2 is 2.03 bits per heavy atom. The fraction of sp³-hybridized carbons (Fsp3) is 0.480. The third-order valence-electron chi connectivity index (χ3n) is 5.82. The van der Waals surface area contributed by atoms with E-state index in [2.05, 4.69) is 17.2 Å². The lowest BCUT2D eigenvalue weighted by atomic mass is 10.1. The van der Waals surface area contributed by atoms with Crippen molar-refractivity contribution in [2.45, 2.75) is 39.2 Å². The molecule has 2 aliphatic rings. The number of hydrogen-bond acceptors (Lipinski definition) is 6. The van der Waals surface area contributed by atoms with Gasteiger partial charge in [0.15, 0.2) is 0 Å². The number of hydrogen-bond donors (Lipinski definition) is 0. The van der Waals surface area contributed by atoms with E-state index in [1.165, 1.54) is 5.56 Å². The predicted molar refractivity (Wildman–Crippen MR) is 124 cm³/mol. The van der Waals surface area contributed by atoms with Gasteiger partial charge in [-0.2, -0.15) is 5.10 Å². The van der Waals surface area contributed by atoms with Gasteiger partial charge in [-0.05, 0) is 43.7 Å². The van der Waals surface area contributed by atoms with E-state index in [1.807, 2.05) is 54.1 Å². The maximum atomic E-state index is 12.8. The third-order valence-corrected chi connectivity index (χ3v) is 5.82. The van der Waals surface area contributed by atoms with Gasteiger partial charge in [0, 0.05) is 50.3 Å². The molecule has 1 atom stereocenters. The quantitative estimate of drug-likeness (QED) is 0.634. The fourth-order valence-electron chi connectivity index (χ4n) is 4.09. The molecule has 4 rings (SSSR count). The van der Waals surface area contributed by atoms with Crippen LogP contribution in [-0.2, 0) is 16.0 Å². The van der Waals surface area contributed by atoms with E-state index in [0.717, 1.165) is 42.2 Å². The summed E-state index contributed by atoms with van der Waals surface area (Å²) in [5, 5.41) is 6.46. The molecule has 0 aliphatic carbocycles. The van der Waals surface area contributed by atoms with Crippen molar-refractivity contribution < 1.29 is 14.3 Å². The second kappa shape index (κ2) is 10.6. The average molecular weight is 437 g/mol. The van der Waals surface area contributed by atoms with Crippen molar-refractivity contribution in [3.8, 4) is 5.75 Å². The normalized spacial score (nSPS) is 18.6. The maximum absolute atomic E-state index is 12.8. The van der Waals surface area contributed by atoms with Crippen molar-refractivity contribution in [2.75, 3.05) is 39.4 Å². The Bertz CT molecular complexity index is 944. The fourth-order valence-corrected chi connectivity index (χ4v) is 4.09. The van der Waals surface area contributed by atoms with Crippen molar-refractivity contribution in [1.82, 2.24) is 14.9 Å². The highest BCUT2D eigenvalue weighted by atomic mass is 16.5. The largest absolute Gasteiger partial charge is 0.494 e. The number of carbonyl (C=O) groups excluding carboxylic acids is 1. The minimum atomic E-state index is -0.194. The molecular formula is C25H32N4O3. The van der Waals surface area contributed by atoms with Crippen molar-refractivity contribution >= 4 is 11.6 Å². The first-order valence-electron chi connectivity index (χ1n) is 11.5. The van der Waals surface area contributed by atoms with Gasteiger partial charge in [0.25, 0.3) is 0 Å². The van der Waals surface area contributed by atoms with Gasteiger partial charge < -0.3 is 14.4 Å². The Hall–Kier alpha value is -2.93. The number of benzene rings is 1. The van der Waals surface area contributed by atoms with E-state index < -0.39 is 0 Å². The van der Waals surface area contributed by atoms with Crippen LogP contribution in [-0.4, -0.2) is 65.9 Å². The van der Waals surface area contributed by atoms with E-state index in [4.69, 9.17) is 14.5 Å². The summed E-state index contributed by atoms with van der Waals surface area (Å²) in [5.41, 5.74) is 4.19. The van der Waals surface area contributed by atoms with Gasteiger partial charge in [0.05, 0.1) is 25.5 Å². The summed E-state index contributed by atoms with van der Waals surface area (Å²) in [7, 11) is 0. The molecule has 1 saturated heterocycles. The number of aromatic nitrogens is 1. The van der Waals surface area contributed by atoms with Crippen LogP contribution in [0.5, 0.6) is 5.75 Å². The molecule has 170 valence electrons. The zero-order chi connectivity index (χ0) is 22.3. The van der Waals surface area contributed by atoms with Gasteiger partial charge in [-0.3, -0.25) is 14.8 Å². The zero-order valence-electron chi connectivity index (χ0n) is 19.0. The Morgan fingerprint density at radius 3 is 2.78 bits per heavy atom. The molecule has 32 heavy (non-hydrogen) atoms. The van der Waals surface area contributed by atoms with Crippen LogP contribution in [0.3, 0.4) is 0 Å². The lowest BCUT2D eigenvalue weighted by molar-refractivity contribution is -0.139. The van der Waals surface area contributed by atoms with E-state index in [9.17, 15) is 4.79 Å². The second-order valence-corrected chi connectivity index (χ2v) is 8.30. The lowest BCUT2D eigenvalue weighted by Gasteiger charge is -2.33. The number of pyridine rings is 1. The predicted octanol–water partition coefficient (Wildman–Crippen LogP) is 3.44. The van der Waals surface area contributed by atoms with Crippen LogP contribution in [0.2, 0.25) is 0 Å². The van der Waals surface area contributed by atoms with Gasteiger partial charge in [-0.1, -0.05) is 18.2 Å². The van der Waals surface area contributed by atoms with Crippen LogP contribution in [0, 0.1) is 0 Å². The Balaban J connectivity index is 1.34. The summed E-state index contributed by atoms with van der Waals surface area (Å²) in [6.45, 7) is 7.96. The average Bonchev–Trinajstić information content (AvgIpc) is 3.24. The van der Waals surface area contributed by atoms with Crippen molar-refractivity contribution in [1.29, 1.82) is 0 Å². The van der Waals surface area contributed by atoms with Gasteiger partial charge in [-0.25, -0.2) is 0 Å². The topological polar surface area (TPSA) is 67.3 Å². The molecule has 0 unspecified atom stereocenters. The molecule has 1 amide bonds. The van der Waals surface area contributed by atoms with Gasteiger partial charge in [-0.15, -0.1) is 0 Å². The molecule has 2 aliphatic heterocycles. The Kier molecular flexibility index (Phi) is 7.37. The summed E-state index contributed by atoms with van der Waals surface area (Å²) in [4.78, 5) is 19.5. The Morgan fingerprint density at radius 1 is 1.19 bits per heavy atom. The molecule has 1 fully saturated rings. The number of rotatable bonds is 8. The first-order valence-corrected chi connectivity index (χ1v) is 11.5. The molecule has 0 radical (unpaired) electrons. The molecule has 0 bridgehead atoms. The molecule has 1 aromatic carbocycles. The van der Waals surface area contributed by atoms with Gasteiger partial charge in [0.2, 0.25) is 5.91 Å². The number of ether oxygens (including phenoxy) is 2. The van der Waals surface area contributed by atoms with E-state index in [1.54, 1.807) is 0 Å². The minimum Gasteiger partial charge on any atom is -0.494 e. The monoisotopic (exact) mass is 436 g/mol. The second-order valence-electron chi connectivity index (χ2n) is 8.30. The number of carbonyl (C=O) groups is 1. The molecule has 2 aromatic rings. The van der Waals surface area contributed by atoms with E-state index in [0.29, 0.717) is 39.3 Å². The lowest BCUT2D eigenvalue weighted by Crippen LogP contribution is -2.43. The minimum absolute atomic E-state index is 0.156. The molecule has 3 heterocycles. The van der Waals surface area contributed by atoms with Crippen molar-refractivity contribution in [3.05, 3.63) is 59.4 Å². The summed E-state index contributed by atoms with van der Waals surface area (Å²) in [6, 6.07) is 14.2. The van der Waals surface area contributed by atoms with Gasteiger partial charge in [0.1, 0.15) is 11.9 Å². The van der Waals surface area contributed by atoms with Gasteiger partial charge >= 0.3 is 0 Å². The first kappa shape index (κ1) is 22.3. The summed E-state index contributed by atoms with van der Waals surface area (Å²) in [5.74, 6) is 1.04. The molecule has 0 spiro atoms. The molecule has 7 nitrogen and oxygen atoms in total. The SMILES string of the molecule is CCOc1ccc(Cc2cccc([C@@H]3CN(C(=O)CCN4CCC(C)=N4)CCO3)n2)cc1. The number of amides is 1. The molecule has 0 N–H and O–H groups in total. The van der Waals surface area contributed by atoms with Crippen molar-refractivity contribution in [2.24, 2.45) is 5.10 Å². The van der Waals surface area contributed by atoms with Crippen LogP contribution in [0.4, 0.5) is 0 Å². The third kappa shape index (κ3) is 5.85. The highest BCUT2D eigenvalue weighted by molar-refractivity contribution is 5.83. The highest BCUT2D eigenvalue weighted by Gasteiger charge is 2.26. The highest BCUT2D eigenvalue weighted by Crippen LogP contribution is 2.23. The van der Waals surface area contributed by atoms with E-state index >= 15 is 0 Å². The van der Waals surface area contributed by atoms with Crippen LogP contribution in [0.25, 0.3) is 0 Å². The standard InChI is InChI=1S/C25H32N4O3/c1-3-31-22-9-7-20(8-10-22)17-21-5-4-6-23(26-21)24-18-28(15-16-32-24)25(30)12-14-29-13-11-19(2)27-29/h4-10,24H,3,11-18H2,1-2H3/t24-/m0/s1. The van der Waals surface area contributed by atoms with Crippen LogP contribution < -0.4 is 4.74 Å². The summed E-state index contributed by atoms with van der Waals surface area (Å²) >= 11 is 0. The molecule has 7 heteroatoms. The zero-order valence-corrected chi connectivity index (χ0v) is 19.0. The number of morpholine rings is 1. The van der Waals surface area contributed by atoms with Crippen LogP contribution in [0.1, 0.15) is 49.7 Å². The van der Waals surface area contributed by atoms with E-state index in [-0.39, 0.29) is 12.0 Å². The maximum Gasteiger partial charge on any atom is 0.224 e. The number of nitrogens with zero attached hydrogens (tertiary/aromatic N) is 4. The van der Waals surface area contributed by atoms with Crippen molar-refractivity contribution in [3.63, 3.8) is 0 Å². The molecule has 1 aromatic heterocycles.